The van der Waals surface area contributed by atoms with E-state index in [0.717, 1.165) is 5.56 Å². The summed E-state index contributed by atoms with van der Waals surface area (Å²) in [7, 11) is 0. The van der Waals surface area contributed by atoms with Crippen LogP contribution >= 0.6 is 0 Å². The third-order valence-corrected chi connectivity index (χ3v) is 3.01. The van der Waals surface area contributed by atoms with Gasteiger partial charge in [0.05, 0.1) is 5.56 Å². The number of amides is 1. The lowest BCUT2D eigenvalue weighted by atomic mass is 10.2. The molecular weight excluding hydrogens is 302 g/mol. The molecule has 0 radical (unpaired) electrons. The van der Waals surface area contributed by atoms with Gasteiger partial charge in [0.25, 0.3) is 5.91 Å². The second-order valence-corrected chi connectivity index (χ2v) is 4.84. The number of nitriles is 1. The van der Waals surface area contributed by atoms with Gasteiger partial charge in [-0.1, -0.05) is 55.1 Å². The Morgan fingerprint density at radius 2 is 1.83 bits per heavy atom. The molecule has 0 saturated carbocycles. The SMILES string of the molecule is C=C(C=Cc1ccccc1)NNC(=O)COc1ccccc1C#N. The van der Waals surface area contributed by atoms with Crippen LogP contribution in [0.15, 0.2) is 72.9 Å². The highest BCUT2D eigenvalue weighted by atomic mass is 16.5. The Bertz CT molecular complexity index is 777. The molecule has 0 fully saturated rings. The number of hydrogen-bond acceptors (Lipinski definition) is 4. The largest absolute Gasteiger partial charge is 0.482 e. The first-order valence-electron chi connectivity index (χ1n) is 7.28. The average Bonchev–Trinajstić information content (AvgIpc) is 2.64. The summed E-state index contributed by atoms with van der Waals surface area (Å²) in [6, 6.07) is 18.5. The van der Waals surface area contributed by atoms with Crippen molar-refractivity contribution in [1.82, 2.24) is 10.9 Å². The third kappa shape index (κ3) is 5.35. The molecule has 5 heteroatoms. The van der Waals surface area contributed by atoms with Crippen molar-refractivity contribution in [3.63, 3.8) is 0 Å². The van der Waals surface area contributed by atoms with Crippen LogP contribution in [0.2, 0.25) is 0 Å². The van der Waals surface area contributed by atoms with Gasteiger partial charge in [0.2, 0.25) is 0 Å². The van der Waals surface area contributed by atoms with Gasteiger partial charge in [-0.25, -0.2) is 0 Å². The van der Waals surface area contributed by atoms with Gasteiger partial charge < -0.3 is 4.74 Å². The van der Waals surface area contributed by atoms with E-state index >= 15 is 0 Å². The Labute approximate surface area is 140 Å². The number of benzene rings is 2. The standard InChI is InChI=1S/C19H17N3O2/c1-15(11-12-16-7-3-2-4-8-16)21-22-19(23)14-24-18-10-6-5-9-17(18)13-20/h2-12,21H,1,14H2,(H,22,23). The number of nitrogens with zero attached hydrogens (tertiary/aromatic N) is 1. The monoisotopic (exact) mass is 319 g/mol. The van der Waals surface area contributed by atoms with Crippen molar-refractivity contribution in [2.75, 3.05) is 6.61 Å². The molecule has 2 aromatic rings. The topological polar surface area (TPSA) is 74.2 Å². The maximum atomic E-state index is 11.7. The number of nitrogens with one attached hydrogen (secondary N) is 2. The molecule has 0 atom stereocenters. The molecule has 0 aliphatic carbocycles. The zero-order valence-corrected chi connectivity index (χ0v) is 13.0. The number of rotatable bonds is 7. The first-order valence-corrected chi connectivity index (χ1v) is 7.28. The van der Waals surface area contributed by atoms with Gasteiger partial charge in [-0.2, -0.15) is 5.26 Å². The minimum absolute atomic E-state index is 0.207. The summed E-state index contributed by atoms with van der Waals surface area (Å²) in [5.41, 5.74) is 7.12. The fraction of sp³-hybridized carbons (Fsp3) is 0.0526. The van der Waals surface area contributed by atoms with Gasteiger partial charge in [0.1, 0.15) is 11.8 Å². The molecule has 0 aliphatic rings. The number of hydrazine groups is 1. The Kier molecular flexibility index (Phi) is 6.18. The molecule has 0 spiro atoms. The summed E-state index contributed by atoms with van der Waals surface area (Å²) >= 11 is 0. The molecule has 5 nitrogen and oxygen atoms in total. The van der Waals surface area contributed by atoms with Crippen LogP contribution in [-0.2, 0) is 4.79 Å². The smallest absolute Gasteiger partial charge is 0.276 e. The maximum absolute atomic E-state index is 11.7. The van der Waals surface area contributed by atoms with Gasteiger partial charge in [0.15, 0.2) is 6.61 Å². The van der Waals surface area contributed by atoms with Crippen LogP contribution in [0.1, 0.15) is 11.1 Å². The third-order valence-electron chi connectivity index (χ3n) is 3.01. The molecule has 2 aromatic carbocycles. The quantitative estimate of drug-likeness (QED) is 0.608. The predicted octanol–water partition coefficient (Wildman–Crippen LogP) is 2.78. The lowest BCUT2D eigenvalue weighted by Gasteiger charge is -2.10. The highest BCUT2D eigenvalue weighted by Crippen LogP contribution is 2.16. The lowest BCUT2D eigenvalue weighted by Crippen LogP contribution is -2.39. The van der Waals surface area contributed by atoms with Crippen molar-refractivity contribution in [1.29, 1.82) is 5.26 Å². The van der Waals surface area contributed by atoms with Crippen molar-refractivity contribution in [3.8, 4) is 11.8 Å². The Hall–Kier alpha value is -3.52. The van der Waals surface area contributed by atoms with Crippen LogP contribution in [0.4, 0.5) is 0 Å². The molecule has 24 heavy (non-hydrogen) atoms. The predicted molar refractivity (Wildman–Crippen MR) is 92.5 cm³/mol. The van der Waals surface area contributed by atoms with E-state index in [1.54, 1.807) is 30.3 Å². The summed E-state index contributed by atoms with van der Waals surface area (Å²) in [6.45, 7) is 3.58. The number of carbonyl (C=O) groups excluding carboxylic acids is 1. The lowest BCUT2D eigenvalue weighted by molar-refractivity contribution is -0.123. The highest BCUT2D eigenvalue weighted by molar-refractivity contribution is 5.77. The molecule has 0 unspecified atom stereocenters. The molecule has 0 aliphatic heterocycles. The van der Waals surface area contributed by atoms with Crippen LogP contribution in [0.5, 0.6) is 5.75 Å². The molecule has 0 aromatic heterocycles. The van der Waals surface area contributed by atoms with Crippen LogP contribution in [0.25, 0.3) is 6.08 Å². The van der Waals surface area contributed by atoms with Crippen LogP contribution in [-0.4, -0.2) is 12.5 Å². The Balaban J connectivity index is 1.76. The number of allylic oxidation sites excluding steroid dienone is 1. The van der Waals surface area contributed by atoms with Crippen LogP contribution < -0.4 is 15.6 Å². The van der Waals surface area contributed by atoms with E-state index in [9.17, 15) is 4.79 Å². The second-order valence-electron chi connectivity index (χ2n) is 4.84. The first-order chi connectivity index (χ1) is 11.7. The normalized spacial score (nSPS) is 9.96. The van der Waals surface area contributed by atoms with Gasteiger partial charge >= 0.3 is 0 Å². The minimum Gasteiger partial charge on any atom is -0.482 e. The van der Waals surface area contributed by atoms with Crippen LogP contribution in [0.3, 0.4) is 0 Å². The van der Waals surface area contributed by atoms with Crippen molar-refractivity contribution in [3.05, 3.63) is 84.1 Å². The minimum atomic E-state index is -0.378. The molecular formula is C19H17N3O2. The summed E-state index contributed by atoms with van der Waals surface area (Å²) in [5.74, 6) is -0.00467. The van der Waals surface area contributed by atoms with Gasteiger partial charge in [-0.15, -0.1) is 0 Å². The van der Waals surface area contributed by atoms with E-state index in [1.165, 1.54) is 0 Å². The molecule has 1 amide bonds. The molecule has 0 bridgehead atoms. The number of hydrogen-bond donors (Lipinski definition) is 2. The van der Waals surface area contributed by atoms with Gasteiger partial charge in [-0.3, -0.25) is 15.6 Å². The fourth-order valence-corrected chi connectivity index (χ4v) is 1.82. The first kappa shape index (κ1) is 16.8. The van der Waals surface area contributed by atoms with E-state index in [0.29, 0.717) is 17.0 Å². The number of para-hydroxylation sites is 1. The summed E-state index contributed by atoms with van der Waals surface area (Å²) in [4.78, 5) is 11.7. The molecule has 2 rings (SSSR count). The van der Waals surface area contributed by atoms with Crippen molar-refractivity contribution < 1.29 is 9.53 Å². The van der Waals surface area contributed by atoms with Crippen molar-refractivity contribution >= 4 is 12.0 Å². The van der Waals surface area contributed by atoms with Crippen molar-refractivity contribution in [2.45, 2.75) is 0 Å². The molecule has 0 heterocycles. The Morgan fingerprint density at radius 3 is 2.58 bits per heavy atom. The van der Waals surface area contributed by atoms with E-state index in [-0.39, 0.29) is 12.5 Å². The number of ether oxygens (including phenoxy) is 1. The molecule has 0 saturated heterocycles. The number of carbonyl (C=O) groups is 1. The van der Waals surface area contributed by atoms with Gasteiger partial charge in [-0.05, 0) is 23.8 Å². The van der Waals surface area contributed by atoms with E-state index in [4.69, 9.17) is 10.00 Å². The summed E-state index contributed by atoms with van der Waals surface area (Å²) < 4.78 is 5.33. The summed E-state index contributed by atoms with van der Waals surface area (Å²) in [6.07, 6.45) is 3.63. The van der Waals surface area contributed by atoms with Gasteiger partial charge in [0, 0.05) is 5.70 Å². The van der Waals surface area contributed by atoms with E-state index in [1.807, 2.05) is 42.5 Å². The maximum Gasteiger partial charge on any atom is 0.276 e. The second kappa shape index (κ2) is 8.81. The van der Waals surface area contributed by atoms with E-state index in [2.05, 4.69) is 17.4 Å². The zero-order chi connectivity index (χ0) is 17.2. The average molecular weight is 319 g/mol. The Morgan fingerprint density at radius 1 is 1.12 bits per heavy atom. The fourth-order valence-electron chi connectivity index (χ4n) is 1.82. The summed E-state index contributed by atoms with van der Waals surface area (Å²) in [5, 5.41) is 8.95. The zero-order valence-electron chi connectivity index (χ0n) is 13.0. The van der Waals surface area contributed by atoms with Crippen LogP contribution in [0, 0.1) is 11.3 Å². The van der Waals surface area contributed by atoms with Crippen molar-refractivity contribution in [2.24, 2.45) is 0 Å². The van der Waals surface area contributed by atoms with E-state index < -0.39 is 0 Å². The molecule has 120 valence electrons. The highest BCUT2D eigenvalue weighted by Gasteiger charge is 2.05. The molecule has 2 N–H and O–H groups in total.